The first-order valence-corrected chi connectivity index (χ1v) is 3.85. The van der Waals surface area contributed by atoms with Crippen LogP contribution in [-0.4, -0.2) is 13.3 Å². The molecule has 0 N–H and O–H groups in total. The molecule has 0 heterocycles. The van der Waals surface area contributed by atoms with E-state index in [4.69, 9.17) is 0 Å². The maximum atomic E-state index is 12.8. The van der Waals surface area contributed by atoms with Gasteiger partial charge in [-0.25, -0.2) is 4.39 Å². The van der Waals surface area contributed by atoms with E-state index in [-0.39, 0.29) is 0 Å². The van der Waals surface area contributed by atoms with Gasteiger partial charge in [0.2, 0.25) is 0 Å². The molecule has 1 nitrogen and oxygen atoms in total. The zero-order valence-electron chi connectivity index (χ0n) is 7.36. The summed E-state index contributed by atoms with van der Waals surface area (Å²) in [7, 11) is 0. The molecule has 0 spiro atoms. The standard InChI is InChI=1S/C7H3BF7O/c9-4-2-1-3-5(16-7(10,11)12)6(4)8(13,14)15/h1-3H/q-1. The van der Waals surface area contributed by atoms with Crippen molar-refractivity contribution in [3.63, 3.8) is 0 Å². The van der Waals surface area contributed by atoms with E-state index in [1.165, 1.54) is 0 Å². The first-order chi connectivity index (χ1) is 7.11. The van der Waals surface area contributed by atoms with Crippen molar-refractivity contribution in [3.05, 3.63) is 24.0 Å². The third-order valence-corrected chi connectivity index (χ3v) is 1.57. The third-order valence-electron chi connectivity index (χ3n) is 1.57. The van der Waals surface area contributed by atoms with Crippen molar-refractivity contribution in [3.8, 4) is 5.75 Å². The van der Waals surface area contributed by atoms with Gasteiger partial charge in [-0.05, 0) is 17.6 Å². The summed E-state index contributed by atoms with van der Waals surface area (Å²) in [5.74, 6) is -3.38. The van der Waals surface area contributed by atoms with Gasteiger partial charge in [-0.15, -0.1) is 13.2 Å². The third kappa shape index (κ3) is 3.04. The highest BCUT2D eigenvalue weighted by Gasteiger charge is 2.37. The average Bonchev–Trinajstić information content (AvgIpc) is 1.97. The lowest BCUT2D eigenvalue weighted by Crippen LogP contribution is -2.39. The molecular formula is C7H3BF7O-. The van der Waals surface area contributed by atoms with Crippen LogP contribution in [0.25, 0.3) is 0 Å². The molecule has 1 aromatic carbocycles. The molecule has 16 heavy (non-hydrogen) atoms. The molecule has 9 heteroatoms. The van der Waals surface area contributed by atoms with Gasteiger partial charge < -0.3 is 17.7 Å². The quantitative estimate of drug-likeness (QED) is 0.576. The second kappa shape index (κ2) is 3.87. The molecule has 1 aromatic rings. The van der Waals surface area contributed by atoms with Crippen LogP contribution < -0.4 is 10.2 Å². The molecule has 0 bridgehead atoms. The van der Waals surface area contributed by atoms with Crippen LogP contribution in [0.5, 0.6) is 5.75 Å². The number of benzene rings is 1. The summed E-state index contributed by atoms with van der Waals surface area (Å²) in [5, 5.41) is 0. The zero-order chi connectivity index (χ0) is 12.6. The maximum Gasteiger partial charge on any atom is 0.572 e. The van der Waals surface area contributed by atoms with E-state index in [1.807, 2.05) is 0 Å². The summed E-state index contributed by atoms with van der Waals surface area (Å²) in [6.45, 7) is -5.92. The van der Waals surface area contributed by atoms with Crippen LogP contribution >= 0.6 is 0 Å². The lowest BCUT2D eigenvalue weighted by molar-refractivity contribution is -0.274. The monoisotopic (exact) mass is 247 g/mol. The van der Waals surface area contributed by atoms with E-state index in [2.05, 4.69) is 4.74 Å². The molecule has 0 unspecified atom stereocenters. The Labute approximate surface area is 84.9 Å². The van der Waals surface area contributed by atoms with Gasteiger partial charge in [0.15, 0.2) is 0 Å². The van der Waals surface area contributed by atoms with Gasteiger partial charge in [0, 0.05) is 0 Å². The number of hydrogen-bond acceptors (Lipinski definition) is 1. The van der Waals surface area contributed by atoms with Crippen molar-refractivity contribution in [2.75, 3.05) is 0 Å². The molecule has 0 aliphatic carbocycles. The molecule has 0 saturated carbocycles. The minimum absolute atomic E-state index is 0.404. The molecular weight excluding hydrogens is 244 g/mol. The number of ether oxygens (including phenoxy) is 1. The maximum absolute atomic E-state index is 12.8. The van der Waals surface area contributed by atoms with Gasteiger partial charge in [0.1, 0.15) is 5.75 Å². The van der Waals surface area contributed by atoms with Crippen molar-refractivity contribution in [2.24, 2.45) is 0 Å². The second-order valence-corrected chi connectivity index (χ2v) is 2.77. The van der Waals surface area contributed by atoms with Crippen LogP contribution in [0.2, 0.25) is 0 Å². The van der Waals surface area contributed by atoms with Crippen LogP contribution in [0.3, 0.4) is 0 Å². The van der Waals surface area contributed by atoms with Gasteiger partial charge in [0.05, 0.1) is 5.82 Å². The highest BCUT2D eigenvalue weighted by Crippen LogP contribution is 2.25. The molecule has 0 aromatic heterocycles. The number of rotatable bonds is 2. The van der Waals surface area contributed by atoms with E-state index in [0.29, 0.717) is 18.2 Å². The second-order valence-electron chi connectivity index (χ2n) is 2.77. The highest BCUT2D eigenvalue weighted by atomic mass is 19.4. The number of hydrogen-bond donors (Lipinski definition) is 0. The minimum Gasteiger partial charge on any atom is -0.445 e. The Morgan fingerprint density at radius 1 is 1.06 bits per heavy atom. The molecule has 0 saturated heterocycles. The topological polar surface area (TPSA) is 9.23 Å². The molecule has 0 radical (unpaired) electrons. The predicted octanol–water partition coefficient (Wildman–Crippen LogP) is 2.78. The fourth-order valence-electron chi connectivity index (χ4n) is 1.05. The molecule has 0 amide bonds. The fourth-order valence-corrected chi connectivity index (χ4v) is 1.05. The largest absolute Gasteiger partial charge is 0.572 e. The van der Waals surface area contributed by atoms with Crippen molar-refractivity contribution in [2.45, 2.75) is 6.36 Å². The van der Waals surface area contributed by atoms with Crippen LogP contribution in [0.15, 0.2) is 18.2 Å². The predicted molar refractivity (Wildman–Crippen MR) is 41.8 cm³/mol. The number of alkyl halides is 3. The van der Waals surface area contributed by atoms with E-state index in [0.717, 1.165) is 0 Å². The SMILES string of the molecule is Fc1cccc(OC(F)(F)F)c1[B-](F)(F)F. The van der Waals surface area contributed by atoms with Crippen LogP contribution in [0, 0.1) is 5.82 Å². The van der Waals surface area contributed by atoms with Crippen molar-refractivity contribution in [1.29, 1.82) is 0 Å². The Morgan fingerprint density at radius 3 is 2.06 bits per heavy atom. The molecule has 0 atom stereocenters. The Balaban J connectivity index is 3.24. The Bertz CT molecular complexity index is 383. The summed E-state index contributed by atoms with van der Waals surface area (Å²) < 4.78 is 87.9. The van der Waals surface area contributed by atoms with Crippen molar-refractivity contribution < 1.29 is 35.2 Å². The van der Waals surface area contributed by atoms with Crippen LogP contribution in [0.4, 0.5) is 30.5 Å². The van der Waals surface area contributed by atoms with Crippen molar-refractivity contribution in [1.82, 2.24) is 0 Å². The van der Waals surface area contributed by atoms with Crippen molar-refractivity contribution >= 4 is 12.4 Å². The Morgan fingerprint density at radius 2 is 1.62 bits per heavy atom. The average molecular weight is 247 g/mol. The Hall–Kier alpha value is -1.41. The fraction of sp³-hybridized carbons (Fsp3) is 0.143. The summed E-state index contributed by atoms with van der Waals surface area (Å²) in [6, 6.07) is 1.51. The summed E-state index contributed by atoms with van der Waals surface area (Å²) >= 11 is 0. The lowest BCUT2D eigenvalue weighted by Gasteiger charge is -2.20. The smallest absolute Gasteiger partial charge is 0.445 e. The summed E-state index contributed by atoms with van der Waals surface area (Å²) in [4.78, 5) is 0. The van der Waals surface area contributed by atoms with Gasteiger partial charge in [-0.2, -0.15) is 0 Å². The summed E-state index contributed by atoms with van der Waals surface area (Å²) in [5.41, 5.74) is -2.01. The van der Waals surface area contributed by atoms with Crippen LogP contribution in [-0.2, 0) is 0 Å². The van der Waals surface area contributed by atoms with E-state index in [9.17, 15) is 30.5 Å². The highest BCUT2D eigenvalue weighted by molar-refractivity contribution is 6.74. The van der Waals surface area contributed by atoms with Gasteiger partial charge >= 0.3 is 13.3 Å². The van der Waals surface area contributed by atoms with Crippen LogP contribution in [0.1, 0.15) is 0 Å². The number of halogens is 7. The first-order valence-electron chi connectivity index (χ1n) is 3.85. The summed E-state index contributed by atoms with van der Waals surface area (Å²) in [6.07, 6.45) is -5.30. The van der Waals surface area contributed by atoms with Gasteiger partial charge in [-0.3, -0.25) is 0 Å². The first kappa shape index (κ1) is 12.7. The minimum atomic E-state index is -5.92. The van der Waals surface area contributed by atoms with E-state index in [1.54, 1.807) is 0 Å². The Kier molecular flexibility index (Phi) is 3.07. The molecule has 0 aliphatic heterocycles. The van der Waals surface area contributed by atoms with E-state index >= 15 is 0 Å². The lowest BCUT2D eigenvalue weighted by atomic mass is 9.79. The normalized spacial score (nSPS) is 12.7. The molecule has 1 rings (SSSR count). The molecule has 90 valence electrons. The molecule has 0 fully saturated rings. The van der Waals surface area contributed by atoms with Gasteiger partial charge in [-0.1, -0.05) is 6.07 Å². The van der Waals surface area contributed by atoms with E-state index < -0.39 is 30.4 Å². The zero-order valence-corrected chi connectivity index (χ0v) is 7.36. The molecule has 0 aliphatic rings. The van der Waals surface area contributed by atoms with Gasteiger partial charge in [0.25, 0.3) is 0 Å².